The van der Waals surface area contributed by atoms with Crippen LogP contribution in [0.4, 0.5) is 18.3 Å². The molecule has 1 aliphatic heterocycles. The number of halogens is 3. The van der Waals surface area contributed by atoms with Crippen LogP contribution in [0.3, 0.4) is 0 Å². The molecule has 1 aliphatic carbocycles. The van der Waals surface area contributed by atoms with Crippen molar-refractivity contribution in [3.05, 3.63) is 29.2 Å². The molecule has 0 unspecified atom stereocenters. The van der Waals surface area contributed by atoms with E-state index in [4.69, 9.17) is 0 Å². The number of furan rings is 1. The van der Waals surface area contributed by atoms with Gasteiger partial charge in [0, 0.05) is 30.7 Å². The molecule has 1 saturated carbocycles. The van der Waals surface area contributed by atoms with Gasteiger partial charge < -0.3 is 14.6 Å². The van der Waals surface area contributed by atoms with Gasteiger partial charge in [-0.2, -0.15) is 17.5 Å². The third-order valence-electron chi connectivity index (χ3n) is 6.54. The molecule has 2 aromatic rings. The molecule has 0 radical (unpaired) electrons. The predicted molar refractivity (Wildman–Crippen MR) is 125 cm³/mol. The highest BCUT2D eigenvalue weighted by molar-refractivity contribution is 7.89. The highest BCUT2D eigenvalue weighted by Gasteiger charge is 2.45. The van der Waals surface area contributed by atoms with Gasteiger partial charge in [0.15, 0.2) is 5.13 Å². The van der Waals surface area contributed by atoms with E-state index in [0.717, 1.165) is 38.2 Å². The summed E-state index contributed by atoms with van der Waals surface area (Å²) in [4.78, 5) is 30.7. The fraction of sp³-hybridized carbons (Fsp3) is 0.591. The first kappa shape index (κ1) is 26.6. The number of carbonyl (C=O) groups excluding carboxylic acids is 2. The molecule has 2 amide bonds. The maximum Gasteiger partial charge on any atom is 0.450 e. The Kier molecular flexibility index (Phi) is 7.76. The van der Waals surface area contributed by atoms with Gasteiger partial charge in [0.25, 0.3) is 0 Å². The Labute approximate surface area is 210 Å². The largest absolute Gasteiger partial charge is 0.455 e. The van der Waals surface area contributed by atoms with E-state index in [1.54, 1.807) is 5.38 Å². The number of hydrogen-bond donors (Lipinski definition) is 1. The van der Waals surface area contributed by atoms with Crippen LogP contribution >= 0.6 is 11.3 Å². The van der Waals surface area contributed by atoms with Crippen molar-refractivity contribution in [2.45, 2.75) is 62.6 Å². The number of carbonyl (C=O) groups is 2. The zero-order valence-electron chi connectivity index (χ0n) is 19.6. The van der Waals surface area contributed by atoms with E-state index >= 15 is 0 Å². The maximum atomic E-state index is 13.4. The molecule has 1 saturated heterocycles. The van der Waals surface area contributed by atoms with Crippen molar-refractivity contribution >= 4 is 38.3 Å². The number of anilines is 1. The van der Waals surface area contributed by atoms with Gasteiger partial charge in [-0.3, -0.25) is 9.59 Å². The average molecular weight is 549 g/mol. The molecule has 0 aromatic carbocycles. The Balaban J connectivity index is 1.54. The van der Waals surface area contributed by atoms with Crippen LogP contribution in [0.5, 0.6) is 0 Å². The summed E-state index contributed by atoms with van der Waals surface area (Å²) in [5.74, 6) is -2.65. The lowest BCUT2D eigenvalue weighted by molar-refractivity contribution is -0.156. The van der Waals surface area contributed by atoms with Gasteiger partial charge in [-0.15, -0.1) is 11.3 Å². The summed E-state index contributed by atoms with van der Waals surface area (Å²) in [5.41, 5.74) is 0. The van der Waals surface area contributed by atoms with Crippen LogP contribution in [-0.4, -0.2) is 60.1 Å². The van der Waals surface area contributed by atoms with Crippen LogP contribution < -0.4 is 5.32 Å². The summed E-state index contributed by atoms with van der Waals surface area (Å²) < 4.78 is 71.6. The molecule has 2 aromatic heterocycles. The lowest BCUT2D eigenvalue weighted by Gasteiger charge is -2.39. The van der Waals surface area contributed by atoms with E-state index in [0.29, 0.717) is 15.9 Å². The normalized spacial score (nSPS) is 19.4. The van der Waals surface area contributed by atoms with Gasteiger partial charge >= 0.3 is 6.18 Å². The van der Waals surface area contributed by atoms with E-state index in [2.05, 4.69) is 14.7 Å². The SMILES string of the molecule is Cc1cc(S(=O)(=O)N2CCN([C@@H](CC3CCCCC3)C(=O)Nc3nccs3)C(=O)C2)c(C(F)(F)F)o1. The lowest BCUT2D eigenvalue weighted by atomic mass is 9.84. The molecule has 2 fully saturated rings. The van der Waals surface area contributed by atoms with Crippen molar-refractivity contribution in [1.82, 2.24) is 14.2 Å². The number of amides is 2. The topological polar surface area (TPSA) is 113 Å². The van der Waals surface area contributed by atoms with E-state index < -0.39 is 51.3 Å². The van der Waals surface area contributed by atoms with Crippen LogP contribution in [0.25, 0.3) is 0 Å². The summed E-state index contributed by atoms with van der Waals surface area (Å²) in [7, 11) is -4.66. The van der Waals surface area contributed by atoms with E-state index in [9.17, 15) is 31.2 Å². The van der Waals surface area contributed by atoms with Crippen molar-refractivity contribution in [3.8, 4) is 0 Å². The number of nitrogens with one attached hydrogen (secondary N) is 1. The molecular formula is C22H27F3N4O5S2. The number of hydrogen-bond acceptors (Lipinski definition) is 7. The standard InChI is InChI=1S/C22H27F3N4O5S2/c1-14-11-17(19(34-14)22(23,24)25)36(32,33)28-8-9-29(18(30)13-28)16(12-15-5-3-2-4-6-15)20(31)27-21-26-7-10-35-21/h7,10-11,15-16H,2-6,8-9,12-13H2,1H3,(H,26,27,31)/t16-/m0/s1. The molecule has 0 bridgehead atoms. The smallest absolute Gasteiger partial charge is 0.450 e. The van der Waals surface area contributed by atoms with E-state index in [1.165, 1.54) is 29.4 Å². The average Bonchev–Trinajstić information content (AvgIpc) is 3.48. The molecular weight excluding hydrogens is 521 g/mol. The molecule has 0 spiro atoms. The van der Waals surface area contributed by atoms with Gasteiger partial charge in [-0.25, -0.2) is 13.4 Å². The van der Waals surface area contributed by atoms with Crippen LogP contribution in [0.15, 0.2) is 27.0 Å². The van der Waals surface area contributed by atoms with Crippen LogP contribution in [0, 0.1) is 12.8 Å². The Morgan fingerprint density at radius 3 is 2.61 bits per heavy atom. The number of alkyl halides is 3. The highest BCUT2D eigenvalue weighted by Crippen LogP contribution is 2.38. The molecule has 1 atom stereocenters. The van der Waals surface area contributed by atoms with Crippen molar-refractivity contribution in [2.75, 3.05) is 25.0 Å². The van der Waals surface area contributed by atoms with Gasteiger partial charge in [0.1, 0.15) is 16.7 Å². The highest BCUT2D eigenvalue weighted by atomic mass is 32.2. The molecule has 14 heteroatoms. The minimum absolute atomic E-state index is 0.126. The molecule has 9 nitrogen and oxygen atoms in total. The van der Waals surface area contributed by atoms with Gasteiger partial charge in [0.05, 0.1) is 6.54 Å². The van der Waals surface area contributed by atoms with E-state index in [1.807, 2.05) is 0 Å². The van der Waals surface area contributed by atoms with Crippen LogP contribution in [0.2, 0.25) is 0 Å². The summed E-state index contributed by atoms with van der Waals surface area (Å²) in [5, 5.41) is 4.82. The Morgan fingerprint density at radius 1 is 1.28 bits per heavy atom. The zero-order valence-corrected chi connectivity index (χ0v) is 21.2. The quantitative estimate of drug-likeness (QED) is 0.562. The number of piperazine rings is 1. The minimum atomic E-state index is -5.01. The summed E-state index contributed by atoms with van der Waals surface area (Å²) >= 11 is 1.23. The molecule has 4 rings (SSSR count). The fourth-order valence-corrected chi connectivity index (χ4v) is 6.93. The number of sulfonamides is 1. The first-order chi connectivity index (χ1) is 17.0. The summed E-state index contributed by atoms with van der Waals surface area (Å²) in [6, 6.07) is -0.0289. The van der Waals surface area contributed by atoms with Gasteiger partial charge in [0.2, 0.25) is 27.6 Å². The van der Waals surface area contributed by atoms with Crippen molar-refractivity contribution in [1.29, 1.82) is 0 Å². The van der Waals surface area contributed by atoms with Crippen molar-refractivity contribution in [2.24, 2.45) is 5.92 Å². The second-order valence-corrected chi connectivity index (χ2v) is 11.9. The predicted octanol–water partition coefficient (Wildman–Crippen LogP) is 3.87. The second kappa shape index (κ2) is 10.5. The number of nitrogens with zero attached hydrogens (tertiary/aromatic N) is 3. The monoisotopic (exact) mass is 548 g/mol. The minimum Gasteiger partial charge on any atom is -0.455 e. The summed E-state index contributed by atoms with van der Waals surface area (Å²) in [6.07, 6.45) is 2.02. The zero-order chi connectivity index (χ0) is 26.1. The molecule has 1 N–H and O–H groups in total. The first-order valence-corrected chi connectivity index (χ1v) is 14.0. The lowest BCUT2D eigenvalue weighted by Crippen LogP contribution is -2.58. The summed E-state index contributed by atoms with van der Waals surface area (Å²) in [6.45, 7) is 0.171. The third-order valence-corrected chi connectivity index (χ3v) is 9.08. The molecule has 2 aliphatic rings. The van der Waals surface area contributed by atoms with Crippen LogP contribution in [0.1, 0.15) is 50.0 Å². The number of aryl methyl sites for hydroxylation is 1. The van der Waals surface area contributed by atoms with Gasteiger partial charge in [-0.1, -0.05) is 32.1 Å². The maximum absolute atomic E-state index is 13.4. The Bertz CT molecular complexity index is 1190. The number of aromatic nitrogens is 1. The second-order valence-electron chi connectivity index (χ2n) is 9.06. The van der Waals surface area contributed by atoms with Crippen LogP contribution in [-0.2, 0) is 25.8 Å². The van der Waals surface area contributed by atoms with Crippen molar-refractivity contribution < 1.29 is 35.6 Å². The number of rotatable bonds is 7. The molecule has 198 valence electrons. The Hall–Kier alpha value is -2.45. The third kappa shape index (κ3) is 5.75. The molecule has 36 heavy (non-hydrogen) atoms. The first-order valence-electron chi connectivity index (χ1n) is 11.6. The van der Waals surface area contributed by atoms with Gasteiger partial charge in [-0.05, 0) is 19.3 Å². The molecule has 3 heterocycles. The van der Waals surface area contributed by atoms with E-state index in [-0.39, 0.29) is 24.8 Å². The Morgan fingerprint density at radius 2 is 2.00 bits per heavy atom. The van der Waals surface area contributed by atoms with Crippen molar-refractivity contribution in [3.63, 3.8) is 0 Å². The fourth-order valence-electron chi connectivity index (χ4n) is 4.81. The number of thiazole rings is 1.